The van der Waals surface area contributed by atoms with Gasteiger partial charge in [-0.3, -0.25) is 0 Å². The molecule has 0 unspecified atom stereocenters. The number of thiocarbonyl (C=S) groups is 1. The van der Waals surface area contributed by atoms with Crippen molar-refractivity contribution in [2.24, 2.45) is 4.99 Å². The largest absolute Gasteiger partial charge is 0.206 e. The molecule has 0 spiro atoms. The van der Waals surface area contributed by atoms with Gasteiger partial charge in [-0.1, -0.05) is 48.6 Å². The molecule has 0 saturated carbocycles. The Morgan fingerprint density at radius 3 is 2.13 bits per heavy atom. The lowest BCUT2D eigenvalue weighted by atomic mass is 10.1. The zero-order chi connectivity index (χ0) is 22.2. The lowest BCUT2D eigenvalue weighted by Crippen LogP contribution is -1.94. The number of isothiocyanates is 1. The summed E-state index contributed by atoms with van der Waals surface area (Å²) in [7, 11) is 0. The van der Waals surface area contributed by atoms with Crippen LogP contribution in [0.5, 0.6) is 0 Å². The van der Waals surface area contributed by atoms with Crippen molar-refractivity contribution in [2.45, 2.75) is 19.8 Å². The molecule has 31 heavy (non-hydrogen) atoms. The maximum Gasteiger partial charge on any atom is 0.142 e. The molecule has 0 heterocycles. The van der Waals surface area contributed by atoms with Crippen LogP contribution in [0.25, 0.3) is 0 Å². The van der Waals surface area contributed by atoms with E-state index in [1.165, 1.54) is 12.1 Å². The van der Waals surface area contributed by atoms with E-state index < -0.39 is 11.6 Å². The first-order valence-electron chi connectivity index (χ1n) is 9.49. The first kappa shape index (κ1) is 22.4. The second-order valence-electron chi connectivity index (χ2n) is 6.63. The minimum absolute atomic E-state index is 0.249. The van der Waals surface area contributed by atoms with Crippen molar-refractivity contribution in [1.82, 2.24) is 0 Å². The number of hydrogen-bond acceptors (Lipinski definition) is 2. The Bertz CT molecular complexity index is 1260. The van der Waals surface area contributed by atoms with Gasteiger partial charge in [0.1, 0.15) is 11.6 Å². The maximum atomic E-state index is 14.2. The van der Waals surface area contributed by atoms with Crippen LogP contribution < -0.4 is 0 Å². The monoisotopic (exact) mass is 447 g/mol. The number of nitrogens with zero attached hydrogens (tertiary/aromatic N) is 1. The van der Waals surface area contributed by atoms with E-state index in [1.54, 1.807) is 30.3 Å². The summed E-state index contributed by atoms with van der Waals surface area (Å²) in [4.78, 5) is 3.89. The van der Waals surface area contributed by atoms with Crippen molar-refractivity contribution >= 4 is 34.7 Å². The molecule has 0 radical (unpaired) electrons. The van der Waals surface area contributed by atoms with E-state index in [1.807, 2.05) is 19.1 Å². The van der Waals surface area contributed by atoms with E-state index >= 15 is 0 Å². The highest BCUT2D eigenvalue weighted by atomic mass is 35.5. The number of aryl methyl sites for hydroxylation is 1. The van der Waals surface area contributed by atoms with Crippen LogP contribution >= 0.6 is 23.8 Å². The van der Waals surface area contributed by atoms with Crippen molar-refractivity contribution < 1.29 is 8.78 Å². The predicted molar refractivity (Wildman–Crippen MR) is 125 cm³/mol. The Kier molecular flexibility index (Phi) is 7.71. The average Bonchev–Trinajstić information content (AvgIpc) is 2.74. The third-order valence-corrected chi connectivity index (χ3v) is 4.73. The second kappa shape index (κ2) is 10.7. The van der Waals surface area contributed by atoms with Crippen LogP contribution in [0.1, 0.15) is 41.2 Å². The molecule has 0 aliphatic heterocycles. The topological polar surface area (TPSA) is 12.4 Å². The highest BCUT2D eigenvalue weighted by molar-refractivity contribution is 7.78. The molecule has 0 fully saturated rings. The highest BCUT2D eigenvalue weighted by Gasteiger charge is 2.09. The van der Waals surface area contributed by atoms with E-state index in [2.05, 4.69) is 46.1 Å². The minimum atomic E-state index is -0.660. The zero-order valence-electron chi connectivity index (χ0n) is 16.6. The van der Waals surface area contributed by atoms with Gasteiger partial charge in [0.15, 0.2) is 0 Å². The Labute approximate surface area is 190 Å². The van der Waals surface area contributed by atoms with Crippen LogP contribution in [0.15, 0.2) is 59.6 Å². The van der Waals surface area contributed by atoms with Gasteiger partial charge in [-0.2, -0.15) is 4.99 Å². The molecule has 0 saturated heterocycles. The van der Waals surface area contributed by atoms with Crippen LogP contribution in [0, 0.1) is 35.3 Å². The molecule has 3 aromatic carbocycles. The van der Waals surface area contributed by atoms with Gasteiger partial charge in [0.2, 0.25) is 0 Å². The van der Waals surface area contributed by atoms with Crippen molar-refractivity contribution in [3.8, 4) is 23.7 Å². The third kappa shape index (κ3) is 6.11. The Balaban J connectivity index is 1.81. The highest BCUT2D eigenvalue weighted by Crippen LogP contribution is 2.19. The van der Waals surface area contributed by atoms with Gasteiger partial charge in [-0.05, 0) is 78.8 Å². The molecule has 3 aromatic rings. The molecule has 0 aliphatic carbocycles. The minimum Gasteiger partial charge on any atom is -0.206 e. The number of aliphatic imine (C=N–C) groups is 1. The van der Waals surface area contributed by atoms with E-state index in [0.717, 1.165) is 12.0 Å². The van der Waals surface area contributed by atoms with Gasteiger partial charge >= 0.3 is 0 Å². The van der Waals surface area contributed by atoms with Crippen LogP contribution in [-0.2, 0) is 6.42 Å². The summed E-state index contributed by atoms with van der Waals surface area (Å²) in [6, 6.07) is 14.9. The normalized spacial score (nSPS) is 9.68. The molecule has 0 N–H and O–H groups in total. The van der Waals surface area contributed by atoms with Crippen LogP contribution in [0.2, 0.25) is 5.02 Å². The van der Waals surface area contributed by atoms with Crippen molar-refractivity contribution in [1.29, 1.82) is 0 Å². The molecule has 152 valence electrons. The molecule has 0 bridgehead atoms. The van der Waals surface area contributed by atoms with Crippen LogP contribution in [-0.4, -0.2) is 5.16 Å². The van der Waals surface area contributed by atoms with Crippen molar-refractivity contribution in [2.75, 3.05) is 0 Å². The van der Waals surface area contributed by atoms with Crippen LogP contribution in [0.3, 0.4) is 0 Å². The third-order valence-electron chi connectivity index (χ3n) is 4.33. The average molecular weight is 448 g/mol. The number of hydrogen-bond donors (Lipinski definition) is 0. The molecule has 5 heteroatoms. The van der Waals surface area contributed by atoms with Crippen LogP contribution in [0.4, 0.5) is 14.5 Å². The fraction of sp³-hybridized carbons (Fsp3) is 0.115. The Morgan fingerprint density at radius 2 is 1.52 bits per heavy atom. The van der Waals surface area contributed by atoms with Crippen molar-refractivity contribution in [3.05, 3.63) is 99.1 Å². The molecular formula is C26H16ClF2NS. The quantitative estimate of drug-likeness (QED) is 0.237. The maximum absolute atomic E-state index is 14.2. The standard InChI is InChI=1S/C26H16ClF2NS/c1-2-3-20-15-25(28)23(26(29)16-20)13-8-19-5-10-21(24(27)14-19)9-4-18-6-11-22(12-7-18)30-17-31/h5-7,10-12,14-16H,2-3H2,1H3. The summed E-state index contributed by atoms with van der Waals surface area (Å²) < 4.78 is 28.4. The van der Waals surface area contributed by atoms with E-state index in [9.17, 15) is 8.78 Å². The summed E-state index contributed by atoms with van der Waals surface area (Å²) in [5, 5.41) is 2.71. The van der Waals surface area contributed by atoms with Gasteiger partial charge in [0, 0.05) is 16.7 Å². The predicted octanol–water partition coefficient (Wildman–Crippen LogP) is 7.10. The number of rotatable bonds is 3. The van der Waals surface area contributed by atoms with Gasteiger partial charge in [-0.25, -0.2) is 8.78 Å². The number of benzene rings is 3. The van der Waals surface area contributed by atoms with Gasteiger partial charge in [-0.15, -0.1) is 0 Å². The van der Waals surface area contributed by atoms with E-state index in [4.69, 9.17) is 11.6 Å². The summed E-state index contributed by atoms with van der Waals surface area (Å²) in [6.45, 7) is 1.95. The SMILES string of the molecule is CCCc1cc(F)c(C#Cc2ccc(C#Cc3ccc(N=C=S)cc3)c(Cl)c2)c(F)c1. The molecule has 0 aromatic heterocycles. The zero-order valence-corrected chi connectivity index (χ0v) is 18.2. The molecule has 3 rings (SSSR count). The van der Waals surface area contributed by atoms with Crippen molar-refractivity contribution in [3.63, 3.8) is 0 Å². The molecule has 0 atom stereocenters. The first-order chi connectivity index (χ1) is 15.0. The second-order valence-corrected chi connectivity index (χ2v) is 7.22. The summed E-state index contributed by atoms with van der Waals surface area (Å²) in [5.74, 6) is 10.0. The summed E-state index contributed by atoms with van der Waals surface area (Å²) >= 11 is 10.9. The Hall–Kier alpha value is -3.27. The molecular weight excluding hydrogens is 432 g/mol. The fourth-order valence-corrected chi connectivity index (χ4v) is 3.15. The van der Waals surface area contributed by atoms with E-state index in [0.29, 0.717) is 33.8 Å². The molecule has 1 nitrogen and oxygen atoms in total. The number of halogens is 3. The fourth-order valence-electron chi connectivity index (χ4n) is 2.82. The summed E-state index contributed by atoms with van der Waals surface area (Å²) in [6.07, 6.45) is 1.43. The smallest absolute Gasteiger partial charge is 0.142 e. The lowest BCUT2D eigenvalue weighted by Gasteiger charge is -2.02. The van der Waals surface area contributed by atoms with Gasteiger partial charge < -0.3 is 0 Å². The summed E-state index contributed by atoms with van der Waals surface area (Å²) in [5.41, 5.74) is 3.02. The van der Waals surface area contributed by atoms with Gasteiger partial charge in [0.25, 0.3) is 0 Å². The first-order valence-corrected chi connectivity index (χ1v) is 10.3. The van der Waals surface area contributed by atoms with Gasteiger partial charge in [0.05, 0.1) is 21.4 Å². The lowest BCUT2D eigenvalue weighted by molar-refractivity contribution is 0.573. The molecule has 0 aliphatic rings. The Morgan fingerprint density at radius 1 is 0.871 bits per heavy atom. The van der Waals surface area contributed by atoms with E-state index in [-0.39, 0.29) is 5.56 Å². The molecule has 0 amide bonds.